The van der Waals surface area contributed by atoms with Gasteiger partial charge in [-0.1, -0.05) is 6.92 Å². The SMILES string of the molecule is CC1CC(NC2CC2)CN(C(C)C2CC2)C1. The quantitative estimate of drug-likeness (QED) is 0.785. The molecular weight excluding hydrogens is 196 g/mol. The average Bonchev–Trinajstić information content (AvgIpc) is 3.09. The van der Waals surface area contributed by atoms with Crippen LogP contribution in [0.15, 0.2) is 0 Å². The molecule has 3 fully saturated rings. The van der Waals surface area contributed by atoms with Crippen LogP contribution in [-0.2, 0) is 0 Å². The zero-order chi connectivity index (χ0) is 11.1. The molecule has 2 nitrogen and oxygen atoms in total. The summed E-state index contributed by atoms with van der Waals surface area (Å²) in [5.41, 5.74) is 0. The fourth-order valence-corrected chi connectivity index (χ4v) is 3.31. The van der Waals surface area contributed by atoms with Crippen molar-refractivity contribution in [1.82, 2.24) is 10.2 Å². The highest BCUT2D eigenvalue weighted by Gasteiger charge is 2.36. The number of hydrogen-bond donors (Lipinski definition) is 1. The summed E-state index contributed by atoms with van der Waals surface area (Å²) in [5.74, 6) is 1.90. The van der Waals surface area contributed by atoms with Crippen molar-refractivity contribution >= 4 is 0 Å². The molecule has 1 N–H and O–H groups in total. The molecule has 0 bridgehead atoms. The van der Waals surface area contributed by atoms with Gasteiger partial charge in [-0.15, -0.1) is 0 Å². The minimum absolute atomic E-state index is 0.775. The van der Waals surface area contributed by atoms with Crippen LogP contribution < -0.4 is 5.32 Å². The van der Waals surface area contributed by atoms with Crippen molar-refractivity contribution < 1.29 is 0 Å². The molecule has 1 saturated heterocycles. The van der Waals surface area contributed by atoms with E-state index in [1.807, 2.05) is 0 Å². The number of rotatable bonds is 4. The van der Waals surface area contributed by atoms with E-state index >= 15 is 0 Å². The normalized spacial score (nSPS) is 38.6. The van der Waals surface area contributed by atoms with Crippen molar-refractivity contribution in [2.24, 2.45) is 11.8 Å². The fraction of sp³-hybridized carbons (Fsp3) is 1.00. The number of nitrogens with zero attached hydrogens (tertiary/aromatic N) is 1. The van der Waals surface area contributed by atoms with E-state index < -0.39 is 0 Å². The van der Waals surface area contributed by atoms with Crippen molar-refractivity contribution in [3.63, 3.8) is 0 Å². The Labute approximate surface area is 99.8 Å². The molecule has 3 rings (SSSR count). The third-order valence-electron chi connectivity index (χ3n) is 4.62. The van der Waals surface area contributed by atoms with Crippen LogP contribution in [-0.4, -0.2) is 36.1 Å². The highest BCUT2D eigenvalue weighted by atomic mass is 15.2. The van der Waals surface area contributed by atoms with Crippen molar-refractivity contribution in [1.29, 1.82) is 0 Å². The zero-order valence-corrected chi connectivity index (χ0v) is 10.8. The van der Waals surface area contributed by atoms with Crippen molar-refractivity contribution in [3.8, 4) is 0 Å². The third-order valence-corrected chi connectivity index (χ3v) is 4.62. The molecule has 3 unspecified atom stereocenters. The van der Waals surface area contributed by atoms with Crippen molar-refractivity contribution in [3.05, 3.63) is 0 Å². The lowest BCUT2D eigenvalue weighted by molar-refractivity contribution is 0.100. The predicted octanol–water partition coefficient (Wildman–Crippen LogP) is 2.25. The van der Waals surface area contributed by atoms with Crippen LogP contribution in [0.4, 0.5) is 0 Å². The highest BCUT2D eigenvalue weighted by molar-refractivity contribution is 4.93. The van der Waals surface area contributed by atoms with Gasteiger partial charge in [0.2, 0.25) is 0 Å². The van der Waals surface area contributed by atoms with Crippen LogP contribution in [0.3, 0.4) is 0 Å². The maximum absolute atomic E-state index is 3.83. The maximum Gasteiger partial charge on any atom is 0.0200 e. The van der Waals surface area contributed by atoms with Gasteiger partial charge in [0.1, 0.15) is 0 Å². The smallest absolute Gasteiger partial charge is 0.0200 e. The van der Waals surface area contributed by atoms with E-state index in [1.54, 1.807) is 0 Å². The van der Waals surface area contributed by atoms with E-state index in [0.29, 0.717) is 0 Å². The van der Waals surface area contributed by atoms with Gasteiger partial charge in [0.05, 0.1) is 0 Å². The predicted molar refractivity (Wildman–Crippen MR) is 67.5 cm³/mol. The van der Waals surface area contributed by atoms with E-state index in [9.17, 15) is 0 Å². The van der Waals surface area contributed by atoms with Gasteiger partial charge < -0.3 is 5.32 Å². The molecule has 16 heavy (non-hydrogen) atoms. The van der Waals surface area contributed by atoms with Gasteiger partial charge in [-0.3, -0.25) is 4.90 Å². The molecule has 0 amide bonds. The van der Waals surface area contributed by atoms with Crippen LogP contribution in [0.1, 0.15) is 46.0 Å². The summed E-state index contributed by atoms with van der Waals surface area (Å²) in [6.07, 6.45) is 7.19. The number of piperidine rings is 1. The first-order valence-corrected chi connectivity index (χ1v) is 7.22. The molecule has 3 aliphatic rings. The van der Waals surface area contributed by atoms with Crippen LogP contribution in [0, 0.1) is 11.8 Å². The van der Waals surface area contributed by atoms with Gasteiger partial charge in [0, 0.05) is 31.2 Å². The average molecular weight is 222 g/mol. The minimum atomic E-state index is 0.775. The fourth-order valence-electron chi connectivity index (χ4n) is 3.31. The molecule has 3 atom stereocenters. The summed E-state index contributed by atoms with van der Waals surface area (Å²) >= 11 is 0. The van der Waals surface area contributed by atoms with Crippen LogP contribution in [0.2, 0.25) is 0 Å². The van der Waals surface area contributed by atoms with Crippen LogP contribution in [0.5, 0.6) is 0 Å². The first kappa shape index (κ1) is 11.0. The second-order valence-electron chi connectivity index (χ2n) is 6.51. The number of likely N-dealkylation sites (tertiary alicyclic amines) is 1. The molecule has 2 heteroatoms. The summed E-state index contributed by atoms with van der Waals surface area (Å²) in [6, 6.07) is 2.48. The molecule has 2 aliphatic carbocycles. The largest absolute Gasteiger partial charge is 0.310 e. The minimum Gasteiger partial charge on any atom is -0.310 e. The Morgan fingerprint density at radius 3 is 2.44 bits per heavy atom. The first-order chi connectivity index (χ1) is 7.72. The Hall–Kier alpha value is -0.0800. The van der Waals surface area contributed by atoms with Gasteiger partial charge >= 0.3 is 0 Å². The lowest BCUT2D eigenvalue weighted by Crippen LogP contribution is -2.52. The monoisotopic (exact) mass is 222 g/mol. The molecule has 0 radical (unpaired) electrons. The van der Waals surface area contributed by atoms with Crippen LogP contribution in [0.25, 0.3) is 0 Å². The van der Waals surface area contributed by atoms with Crippen molar-refractivity contribution in [2.75, 3.05) is 13.1 Å². The Kier molecular flexibility index (Phi) is 2.97. The molecule has 0 spiro atoms. The summed E-state index contributed by atoms with van der Waals surface area (Å²) in [5, 5.41) is 3.83. The molecule has 0 aromatic carbocycles. The van der Waals surface area contributed by atoms with E-state index in [4.69, 9.17) is 0 Å². The van der Waals surface area contributed by atoms with Gasteiger partial charge in [-0.2, -0.15) is 0 Å². The Bertz CT molecular complexity index is 243. The summed E-state index contributed by atoms with van der Waals surface area (Å²) in [7, 11) is 0. The van der Waals surface area contributed by atoms with E-state index in [0.717, 1.165) is 30.0 Å². The van der Waals surface area contributed by atoms with E-state index in [2.05, 4.69) is 24.1 Å². The van der Waals surface area contributed by atoms with Gasteiger partial charge in [-0.25, -0.2) is 0 Å². The summed E-state index contributed by atoms with van der Waals surface area (Å²) in [4.78, 5) is 2.76. The van der Waals surface area contributed by atoms with Crippen LogP contribution >= 0.6 is 0 Å². The molecule has 1 heterocycles. The van der Waals surface area contributed by atoms with E-state index in [-0.39, 0.29) is 0 Å². The van der Waals surface area contributed by atoms with Gasteiger partial charge in [0.15, 0.2) is 0 Å². The molecular formula is C14H26N2. The van der Waals surface area contributed by atoms with Crippen molar-refractivity contribution in [2.45, 2.75) is 64.1 Å². The molecule has 0 aromatic rings. The Morgan fingerprint density at radius 1 is 1.06 bits per heavy atom. The topological polar surface area (TPSA) is 15.3 Å². The van der Waals surface area contributed by atoms with Gasteiger partial charge in [0.25, 0.3) is 0 Å². The number of hydrogen-bond acceptors (Lipinski definition) is 2. The van der Waals surface area contributed by atoms with Gasteiger partial charge in [-0.05, 0) is 50.9 Å². The zero-order valence-electron chi connectivity index (χ0n) is 10.8. The molecule has 92 valence electrons. The summed E-state index contributed by atoms with van der Waals surface area (Å²) < 4.78 is 0. The third kappa shape index (κ3) is 2.60. The lowest BCUT2D eigenvalue weighted by Gasteiger charge is -2.40. The first-order valence-electron chi connectivity index (χ1n) is 7.22. The molecule has 2 saturated carbocycles. The highest BCUT2D eigenvalue weighted by Crippen LogP contribution is 2.36. The summed E-state index contributed by atoms with van der Waals surface area (Å²) in [6.45, 7) is 7.51. The Morgan fingerprint density at radius 2 is 1.81 bits per heavy atom. The molecule has 0 aromatic heterocycles. The molecule has 1 aliphatic heterocycles. The Balaban J connectivity index is 1.55. The second-order valence-corrected chi connectivity index (χ2v) is 6.51. The van der Waals surface area contributed by atoms with E-state index in [1.165, 1.54) is 45.2 Å². The standard InChI is InChI=1S/C14H26N2/c1-10-7-14(15-13-5-6-13)9-16(8-10)11(2)12-3-4-12/h10-15H,3-9H2,1-2H3. The second kappa shape index (κ2) is 4.30. The lowest BCUT2D eigenvalue weighted by atomic mass is 9.94. The maximum atomic E-state index is 3.83. The number of nitrogens with one attached hydrogen (secondary N) is 1.